The zero-order chi connectivity index (χ0) is 16.8. The first-order chi connectivity index (χ1) is 11.7. The molecule has 3 rings (SSSR count). The number of benzene rings is 1. The molecule has 0 bridgehead atoms. The summed E-state index contributed by atoms with van der Waals surface area (Å²) in [5, 5.41) is 10.6. The number of hydrogen-bond acceptors (Lipinski definition) is 5. The monoisotopic (exact) mass is 456 g/mol. The Morgan fingerprint density at radius 2 is 2.16 bits per heavy atom. The van der Waals surface area contributed by atoms with Crippen LogP contribution in [0.4, 0.5) is 5.69 Å². The number of aromatic nitrogens is 2. The summed E-state index contributed by atoms with van der Waals surface area (Å²) in [7, 11) is 0. The summed E-state index contributed by atoms with van der Waals surface area (Å²) in [6.45, 7) is 7.06. The first kappa shape index (κ1) is 19.5. The predicted octanol–water partition coefficient (Wildman–Crippen LogP) is 2.33. The maximum Gasteiger partial charge on any atom is 0.248 e. The van der Waals surface area contributed by atoms with E-state index in [4.69, 9.17) is 4.52 Å². The molecule has 1 saturated heterocycles. The van der Waals surface area contributed by atoms with Gasteiger partial charge in [0, 0.05) is 31.4 Å². The third kappa shape index (κ3) is 5.58. The Kier molecular flexibility index (Phi) is 7.48. The number of aliphatic imine (C=N–C) groups is 1. The van der Waals surface area contributed by atoms with Crippen molar-refractivity contribution in [1.82, 2.24) is 20.8 Å². The smallest absolute Gasteiger partial charge is 0.248 e. The van der Waals surface area contributed by atoms with Gasteiger partial charge in [-0.1, -0.05) is 23.4 Å². The SMILES string of the molecule is CCNC(=NCc1nc(C)no1)NC1CCN(c2ccccc2)C1.I. The first-order valence-corrected chi connectivity index (χ1v) is 8.38. The standard InChI is InChI=1S/C17H24N6O.HI/c1-3-18-17(19-11-16-20-13(2)22-24-16)21-14-9-10-23(12-14)15-7-5-4-6-8-15;/h4-8,14H,3,9-12H2,1-2H3,(H2,18,19,21);1H. The summed E-state index contributed by atoms with van der Waals surface area (Å²) in [5.74, 6) is 1.95. The fraction of sp³-hybridized carbons (Fsp3) is 0.471. The molecule has 2 heterocycles. The first-order valence-electron chi connectivity index (χ1n) is 8.38. The lowest BCUT2D eigenvalue weighted by atomic mass is 10.3. The molecular formula is C17H25IN6O. The third-order valence-corrected chi connectivity index (χ3v) is 3.94. The quantitative estimate of drug-likeness (QED) is 0.409. The van der Waals surface area contributed by atoms with Crippen molar-refractivity contribution in [2.45, 2.75) is 32.9 Å². The molecule has 8 heteroatoms. The Hall–Kier alpha value is -1.84. The van der Waals surface area contributed by atoms with E-state index in [1.807, 2.05) is 6.07 Å². The van der Waals surface area contributed by atoms with Crippen LogP contribution in [0.25, 0.3) is 0 Å². The van der Waals surface area contributed by atoms with Crippen molar-refractivity contribution in [3.8, 4) is 0 Å². The van der Waals surface area contributed by atoms with Crippen LogP contribution in [0.1, 0.15) is 25.1 Å². The highest BCUT2D eigenvalue weighted by Gasteiger charge is 2.23. The Morgan fingerprint density at radius 1 is 1.36 bits per heavy atom. The molecule has 1 atom stereocenters. The fourth-order valence-electron chi connectivity index (χ4n) is 2.82. The Balaban J connectivity index is 0.00000225. The molecule has 1 fully saturated rings. The highest BCUT2D eigenvalue weighted by Crippen LogP contribution is 2.19. The Labute approximate surface area is 165 Å². The molecule has 2 aromatic rings. The number of aryl methyl sites for hydroxylation is 1. The van der Waals surface area contributed by atoms with E-state index in [1.165, 1.54) is 5.69 Å². The van der Waals surface area contributed by atoms with E-state index in [0.717, 1.165) is 32.0 Å². The molecule has 1 aliphatic rings. The van der Waals surface area contributed by atoms with E-state index < -0.39 is 0 Å². The van der Waals surface area contributed by atoms with Gasteiger partial charge in [-0.25, -0.2) is 4.99 Å². The average molecular weight is 456 g/mol. The van der Waals surface area contributed by atoms with Gasteiger partial charge in [-0.05, 0) is 32.4 Å². The summed E-state index contributed by atoms with van der Waals surface area (Å²) < 4.78 is 5.11. The second-order valence-corrected chi connectivity index (χ2v) is 5.84. The van der Waals surface area contributed by atoms with Crippen molar-refractivity contribution in [1.29, 1.82) is 0 Å². The molecular weight excluding hydrogens is 431 g/mol. The zero-order valence-corrected chi connectivity index (χ0v) is 16.9. The van der Waals surface area contributed by atoms with Crippen molar-refractivity contribution in [2.24, 2.45) is 4.99 Å². The number of hydrogen-bond donors (Lipinski definition) is 2. The van der Waals surface area contributed by atoms with Gasteiger partial charge < -0.3 is 20.1 Å². The molecule has 7 nitrogen and oxygen atoms in total. The van der Waals surface area contributed by atoms with Gasteiger partial charge in [-0.15, -0.1) is 24.0 Å². The number of nitrogens with one attached hydrogen (secondary N) is 2. The summed E-state index contributed by atoms with van der Waals surface area (Å²) in [6, 6.07) is 10.9. The normalized spacial score (nSPS) is 17.3. The molecule has 1 aromatic carbocycles. The summed E-state index contributed by atoms with van der Waals surface area (Å²) in [5.41, 5.74) is 1.27. The van der Waals surface area contributed by atoms with E-state index >= 15 is 0 Å². The van der Waals surface area contributed by atoms with Crippen molar-refractivity contribution in [3.05, 3.63) is 42.0 Å². The summed E-state index contributed by atoms with van der Waals surface area (Å²) >= 11 is 0. The molecule has 0 aliphatic carbocycles. The largest absolute Gasteiger partial charge is 0.369 e. The van der Waals surface area contributed by atoms with Crippen molar-refractivity contribution in [3.63, 3.8) is 0 Å². The van der Waals surface area contributed by atoms with E-state index in [0.29, 0.717) is 24.3 Å². The van der Waals surface area contributed by atoms with Crippen LogP contribution in [-0.4, -0.2) is 41.8 Å². The Morgan fingerprint density at radius 3 is 2.84 bits per heavy atom. The van der Waals surface area contributed by atoms with E-state index in [2.05, 4.69) is 61.9 Å². The van der Waals surface area contributed by atoms with Crippen molar-refractivity contribution in [2.75, 3.05) is 24.5 Å². The topological polar surface area (TPSA) is 78.6 Å². The molecule has 136 valence electrons. The van der Waals surface area contributed by atoms with Gasteiger partial charge in [0.25, 0.3) is 0 Å². The van der Waals surface area contributed by atoms with Crippen LogP contribution in [0.5, 0.6) is 0 Å². The van der Waals surface area contributed by atoms with E-state index in [-0.39, 0.29) is 24.0 Å². The average Bonchev–Trinajstić information content (AvgIpc) is 3.23. The zero-order valence-electron chi connectivity index (χ0n) is 14.6. The van der Waals surface area contributed by atoms with Gasteiger partial charge in [-0.3, -0.25) is 0 Å². The number of halogens is 1. The number of guanidine groups is 1. The van der Waals surface area contributed by atoms with Crippen LogP contribution in [0, 0.1) is 6.92 Å². The van der Waals surface area contributed by atoms with Crippen LogP contribution in [0.3, 0.4) is 0 Å². The number of para-hydroxylation sites is 1. The molecule has 0 radical (unpaired) electrons. The van der Waals surface area contributed by atoms with Crippen LogP contribution >= 0.6 is 24.0 Å². The van der Waals surface area contributed by atoms with Gasteiger partial charge in [0.15, 0.2) is 11.8 Å². The van der Waals surface area contributed by atoms with E-state index in [9.17, 15) is 0 Å². The minimum Gasteiger partial charge on any atom is -0.369 e. The van der Waals surface area contributed by atoms with Crippen LogP contribution < -0.4 is 15.5 Å². The summed E-state index contributed by atoms with van der Waals surface area (Å²) in [4.78, 5) is 11.1. The molecule has 1 aliphatic heterocycles. The Bertz CT molecular complexity index is 675. The number of rotatable bonds is 5. The second kappa shape index (κ2) is 9.59. The number of anilines is 1. The van der Waals surface area contributed by atoms with Crippen molar-refractivity contribution >= 4 is 35.6 Å². The lowest BCUT2D eigenvalue weighted by Gasteiger charge is -2.20. The second-order valence-electron chi connectivity index (χ2n) is 5.84. The minimum absolute atomic E-state index is 0. The maximum atomic E-state index is 5.11. The van der Waals surface area contributed by atoms with Gasteiger partial charge in [0.2, 0.25) is 5.89 Å². The molecule has 2 N–H and O–H groups in total. The highest BCUT2D eigenvalue weighted by molar-refractivity contribution is 14.0. The molecule has 0 amide bonds. The maximum absolute atomic E-state index is 5.11. The van der Waals surface area contributed by atoms with Gasteiger partial charge in [0.1, 0.15) is 6.54 Å². The molecule has 1 unspecified atom stereocenters. The lowest BCUT2D eigenvalue weighted by molar-refractivity contribution is 0.376. The third-order valence-electron chi connectivity index (χ3n) is 3.94. The molecule has 0 saturated carbocycles. The number of nitrogens with zero attached hydrogens (tertiary/aromatic N) is 4. The van der Waals surface area contributed by atoms with Gasteiger partial charge in [0.05, 0.1) is 0 Å². The fourth-order valence-corrected chi connectivity index (χ4v) is 2.82. The molecule has 1 aromatic heterocycles. The van der Waals surface area contributed by atoms with Gasteiger partial charge >= 0.3 is 0 Å². The lowest BCUT2D eigenvalue weighted by Crippen LogP contribution is -2.44. The van der Waals surface area contributed by atoms with E-state index in [1.54, 1.807) is 6.92 Å². The van der Waals surface area contributed by atoms with Gasteiger partial charge in [-0.2, -0.15) is 4.98 Å². The molecule has 25 heavy (non-hydrogen) atoms. The predicted molar refractivity (Wildman–Crippen MR) is 109 cm³/mol. The minimum atomic E-state index is 0. The van der Waals surface area contributed by atoms with Crippen molar-refractivity contribution < 1.29 is 4.52 Å². The van der Waals surface area contributed by atoms with Crippen LogP contribution in [0.2, 0.25) is 0 Å². The molecule has 0 spiro atoms. The highest BCUT2D eigenvalue weighted by atomic mass is 127. The van der Waals surface area contributed by atoms with Crippen LogP contribution in [-0.2, 0) is 6.54 Å². The van der Waals surface area contributed by atoms with Crippen LogP contribution in [0.15, 0.2) is 39.8 Å². The summed E-state index contributed by atoms with van der Waals surface area (Å²) in [6.07, 6.45) is 1.08.